The summed E-state index contributed by atoms with van der Waals surface area (Å²) >= 11 is 6.14. The third-order valence-electron chi connectivity index (χ3n) is 4.87. The lowest BCUT2D eigenvalue weighted by Gasteiger charge is -2.26. The molecule has 152 valence electrons. The molecule has 1 N–H and O–H groups in total. The van der Waals surface area contributed by atoms with Crippen molar-refractivity contribution >= 4 is 33.2 Å². The summed E-state index contributed by atoms with van der Waals surface area (Å²) in [5.74, 6) is -0.366. The average molecular weight is 423 g/mol. The highest BCUT2D eigenvalue weighted by Gasteiger charge is 2.24. The normalized spacial score (nSPS) is 12.5. The second-order valence-electron chi connectivity index (χ2n) is 7.03. The van der Waals surface area contributed by atoms with Crippen molar-refractivity contribution in [1.29, 1.82) is 0 Å². The lowest BCUT2D eigenvalue weighted by molar-refractivity contribution is -0.120. The third-order valence-corrected chi connectivity index (χ3v) is 6.41. The van der Waals surface area contributed by atoms with Gasteiger partial charge in [0, 0.05) is 5.02 Å². The van der Waals surface area contributed by atoms with E-state index in [-0.39, 0.29) is 18.5 Å². The largest absolute Gasteiger partial charge is 0.348 e. The predicted octanol–water partition coefficient (Wildman–Crippen LogP) is 4.30. The number of carbonyl (C=O) groups excluding carboxylic acids is 1. The van der Waals surface area contributed by atoms with Crippen molar-refractivity contribution < 1.29 is 13.2 Å². The van der Waals surface area contributed by atoms with E-state index in [9.17, 15) is 13.2 Å². The molecule has 0 aliphatic heterocycles. The molecule has 2 aromatic rings. The molecule has 0 aliphatic carbocycles. The Kier molecular flexibility index (Phi) is 7.12. The first-order valence-corrected chi connectivity index (χ1v) is 11.4. The van der Waals surface area contributed by atoms with E-state index in [1.807, 2.05) is 32.9 Å². The highest BCUT2D eigenvalue weighted by Crippen LogP contribution is 2.28. The van der Waals surface area contributed by atoms with Gasteiger partial charge in [-0.2, -0.15) is 0 Å². The van der Waals surface area contributed by atoms with Gasteiger partial charge in [-0.3, -0.25) is 9.10 Å². The van der Waals surface area contributed by atoms with Gasteiger partial charge in [0.25, 0.3) is 0 Å². The van der Waals surface area contributed by atoms with Crippen molar-refractivity contribution in [2.45, 2.75) is 40.2 Å². The molecular formula is C21H27ClN2O3S. The van der Waals surface area contributed by atoms with Gasteiger partial charge < -0.3 is 5.32 Å². The number of amides is 1. The third kappa shape index (κ3) is 5.26. The topological polar surface area (TPSA) is 66.5 Å². The molecular weight excluding hydrogens is 396 g/mol. The first kappa shape index (κ1) is 22.2. The number of carbonyl (C=O) groups is 1. The van der Waals surface area contributed by atoms with Crippen molar-refractivity contribution in [2.24, 2.45) is 0 Å². The zero-order valence-corrected chi connectivity index (χ0v) is 18.5. The average Bonchev–Trinajstić information content (AvgIpc) is 2.62. The number of rotatable bonds is 7. The molecule has 0 radical (unpaired) electrons. The summed E-state index contributed by atoms with van der Waals surface area (Å²) in [6.45, 7) is 7.48. The monoisotopic (exact) mass is 422 g/mol. The zero-order chi connectivity index (χ0) is 21.1. The highest BCUT2D eigenvalue weighted by atomic mass is 35.5. The minimum absolute atomic E-state index is 0.186. The Balaban J connectivity index is 2.26. The smallest absolute Gasteiger partial charge is 0.241 e. The Morgan fingerprint density at radius 1 is 1.14 bits per heavy atom. The SMILES string of the molecule is CC[C@@H](NC(=O)CN(c1cccc(Cl)c1C)S(C)(=O)=O)c1ccc(C)c(C)c1. The van der Waals surface area contributed by atoms with Crippen LogP contribution in [0.5, 0.6) is 0 Å². The van der Waals surface area contributed by atoms with E-state index in [1.165, 1.54) is 5.56 Å². The number of hydrogen-bond acceptors (Lipinski definition) is 3. The van der Waals surface area contributed by atoms with Gasteiger partial charge in [-0.25, -0.2) is 8.42 Å². The Labute approximate surface area is 172 Å². The maximum absolute atomic E-state index is 12.7. The first-order valence-electron chi connectivity index (χ1n) is 9.14. The molecule has 7 heteroatoms. The molecule has 0 saturated carbocycles. The molecule has 1 atom stereocenters. The molecule has 1 amide bonds. The summed E-state index contributed by atoms with van der Waals surface area (Å²) in [4.78, 5) is 12.7. The summed E-state index contributed by atoms with van der Waals surface area (Å²) in [6, 6.07) is 10.9. The standard InChI is InChI=1S/C21H27ClN2O3S/c1-6-19(17-11-10-14(2)15(3)12-17)23-21(25)13-24(28(5,26)27)20-9-7-8-18(22)16(20)4/h7-12,19H,6,13H2,1-5H3,(H,23,25)/t19-/m1/s1. The predicted molar refractivity (Wildman–Crippen MR) is 115 cm³/mol. The molecule has 2 aromatic carbocycles. The fraction of sp³-hybridized carbons (Fsp3) is 0.381. The molecule has 0 heterocycles. The van der Waals surface area contributed by atoms with Crippen molar-refractivity contribution in [2.75, 3.05) is 17.1 Å². The van der Waals surface area contributed by atoms with Crippen LogP contribution in [0.3, 0.4) is 0 Å². The number of halogens is 1. The lowest BCUT2D eigenvalue weighted by atomic mass is 9.99. The Bertz CT molecular complexity index is 974. The van der Waals surface area contributed by atoms with Crippen LogP contribution in [0.1, 0.15) is 41.6 Å². The molecule has 0 spiro atoms. The summed E-state index contributed by atoms with van der Waals surface area (Å²) in [7, 11) is -3.66. The molecule has 28 heavy (non-hydrogen) atoms. The minimum atomic E-state index is -3.66. The fourth-order valence-corrected chi connectivity index (χ4v) is 4.10. The van der Waals surface area contributed by atoms with Crippen LogP contribution < -0.4 is 9.62 Å². The number of aryl methyl sites for hydroxylation is 2. The second-order valence-corrected chi connectivity index (χ2v) is 9.34. The lowest BCUT2D eigenvalue weighted by Crippen LogP contribution is -2.41. The van der Waals surface area contributed by atoms with Crippen molar-refractivity contribution in [1.82, 2.24) is 5.32 Å². The van der Waals surface area contributed by atoms with E-state index < -0.39 is 10.0 Å². The van der Waals surface area contributed by atoms with E-state index >= 15 is 0 Å². The zero-order valence-electron chi connectivity index (χ0n) is 16.9. The van der Waals surface area contributed by atoms with Gasteiger partial charge in [-0.15, -0.1) is 0 Å². The van der Waals surface area contributed by atoms with Crippen molar-refractivity contribution in [3.05, 3.63) is 63.7 Å². The van der Waals surface area contributed by atoms with Crippen LogP contribution in [0.2, 0.25) is 5.02 Å². The van der Waals surface area contributed by atoms with Crippen molar-refractivity contribution in [3.8, 4) is 0 Å². The van der Waals surface area contributed by atoms with Crippen LogP contribution in [-0.4, -0.2) is 27.1 Å². The summed E-state index contributed by atoms with van der Waals surface area (Å²) < 4.78 is 25.8. The molecule has 0 saturated heterocycles. The Morgan fingerprint density at radius 2 is 1.82 bits per heavy atom. The first-order chi connectivity index (χ1) is 13.0. The van der Waals surface area contributed by atoms with Gasteiger partial charge in [-0.1, -0.05) is 42.8 Å². The van der Waals surface area contributed by atoms with Gasteiger partial charge in [0.15, 0.2) is 0 Å². The molecule has 2 rings (SSSR count). The van der Waals surface area contributed by atoms with Crippen LogP contribution in [0.25, 0.3) is 0 Å². The fourth-order valence-electron chi connectivity index (χ4n) is 3.02. The number of hydrogen-bond donors (Lipinski definition) is 1. The van der Waals surface area contributed by atoms with Crippen LogP contribution in [-0.2, 0) is 14.8 Å². The van der Waals surface area contributed by atoms with Gasteiger partial charge in [-0.05, 0) is 61.6 Å². The van der Waals surface area contributed by atoms with Crippen LogP contribution in [0.4, 0.5) is 5.69 Å². The highest BCUT2D eigenvalue weighted by molar-refractivity contribution is 7.92. The molecule has 0 fully saturated rings. The maximum Gasteiger partial charge on any atom is 0.241 e. The van der Waals surface area contributed by atoms with Crippen molar-refractivity contribution in [3.63, 3.8) is 0 Å². The quantitative estimate of drug-likeness (QED) is 0.723. The number of nitrogens with zero attached hydrogens (tertiary/aromatic N) is 1. The minimum Gasteiger partial charge on any atom is -0.348 e. The van der Waals surface area contributed by atoms with E-state index in [2.05, 4.69) is 11.4 Å². The molecule has 0 unspecified atom stereocenters. The maximum atomic E-state index is 12.7. The van der Waals surface area contributed by atoms with Gasteiger partial charge in [0.1, 0.15) is 6.54 Å². The van der Waals surface area contributed by atoms with E-state index in [4.69, 9.17) is 11.6 Å². The Morgan fingerprint density at radius 3 is 2.39 bits per heavy atom. The molecule has 5 nitrogen and oxygen atoms in total. The van der Waals surface area contributed by atoms with Gasteiger partial charge in [0.05, 0.1) is 18.0 Å². The Hall–Kier alpha value is -2.05. The summed E-state index contributed by atoms with van der Waals surface area (Å²) in [5.41, 5.74) is 4.36. The number of benzene rings is 2. The summed E-state index contributed by atoms with van der Waals surface area (Å²) in [5, 5.41) is 3.41. The van der Waals surface area contributed by atoms with Gasteiger partial charge >= 0.3 is 0 Å². The van der Waals surface area contributed by atoms with E-state index in [1.54, 1.807) is 25.1 Å². The van der Waals surface area contributed by atoms with Crippen LogP contribution in [0.15, 0.2) is 36.4 Å². The van der Waals surface area contributed by atoms with Crippen LogP contribution >= 0.6 is 11.6 Å². The number of anilines is 1. The summed E-state index contributed by atoms with van der Waals surface area (Å²) in [6.07, 6.45) is 1.78. The van der Waals surface area contributed by atoms with E-state index in [0.717, 1.165) is 21.7 Å². The molecule has 0 aromatic heterocycles. The van der Waals surface area contributed by atoms with E-state index in [0.29, 0.717) is 22.7 Å². The molecule has 0 aliphatic rings. The second kappa shape index (κ2) is 8.97. The van der Waals surface area contributed by atoms with Crippen LogP contribution in [0, 0.1) is 20.8 Å². The number of nitrogens with one attached hydrogen (secondary N) is 1. The number of sulfonamides is 1. The van der Waals surface area contributed by atoms with Gasteiger partial charge in [0.2, 0.25) is 15.9 Å². The molecule has 0 bridgehead atoms.